The molecule has 0 saturated heterocycles. The normalized spacial score (nSPS) is 14.8. The highest BCUT2D eigenvalue weighted by molar-refractivity contribution is 7.07. The molecule has 0 amide bonds. The molecule has 0 saturated carbocycles. The molecule has 13 heteroatoms. The van der Waals surface area contributed by atoms with Crippen molar-refractivity contribution in [3.05, 3.63) is 106 Å². The Labute approximate surface area is 247 Å². The molecule has 4 aromatic rings. The third-order valence-electron chi connectivity index (χ3n) is 6.57. The molecule has 1 atom stereocenters. The Morgan fingerprint density at radius 2 is 1.93 bits per heavy atom. The number of thiazole rings is 1. The summed E-state index contributed by atoms with van der Waals surface area (Å²) in [5.74, 6) is 1.08. The van der Waals surface area contributed by atoms with Crippen LogP contribution in [0.4, 0.5) is 5.69 Å². The molecule has 11 nitrogen and oxygen atoms in total. The van der Waals surface area contributed by atoms with Crippen molar-refractivity contribution in [3.8, 4) is 22.8 Å². The molecule has 2 aromatic heterocycles. The molecule has 1 aliphatic heterocycles. The Balaban J connectivity index is 1.63. The lowest BCUT2D eigenvalue weighted by Gasteiger charge is -2.25. The Hall–Kier alpha value is -4.68. The van der Waals surface area contributed by atoms with Crippen LogP contribution in [0.5, 0.6) is 11.5 Å². The van der Waals surface area contributed by atoms with E-state index in [-0.39, 0.29) is 28.4 Å². The summed E-state index contributed by atoms with van der Waals surface area (Å²) in [5, 5.41) is 11.2. The monoisotopic (exact) mass is 609 g/mol. The summed E-state index contributed by atoms with van der Waals surface area (Å²) < 4.78 is 23.9. The van der Waals surface area contributed by atoms with E-state index in [1.807, 2.05) is 0 Å². The highest BCUT2D eigenvalue weighted by Gasteiger charge is 2.34. The summed E-state index contributed by atoms with van der Waals surface area (Å²) in [6.45, 7) is 3.55. The number of allylic oxidation sites excluding steroid dienone is 1. The van der Waals surface area contributed by atoms with E-state index in [0.29, 0.717) is 49.2 Å². The molecule has 0 N–H and O–H groups in total. The van der Waals surface area contributed by atoms with Gasteiger partial charge in [-0.05, 0) is 49.7 Å². The molecule has 0 radical (unpaired) electrons. The number of esters is 1. The van der Waals surface area contributed by atoms with Crippen LogP contribution in [0.25, 0.3) is 17.4 Å². The summed E-state index contributed by atoms with van der Waals surface area (Å²) in [6, 6.07) is 11.7. The number of hydrogen-bond donors (Lipinski definition) is 0. The van der Waals surface area contributed by atoms with Gasteiger partial charge in [0.2, 0.25) is 0 Å². The number of benzene rings is 2. The molecule has 0 bridgehead atoms. The minimum atomic E-state index is -0.840. The Kier molecular flexibility index (Phi) is 8.01. The van der Waals surface area contributed by atoms with Crippen LogP contribution in [0.1, 0.15) is 31.2 Å². The fourth-order valence-electron chi connectivity index (χ4n) is 4.65. The number of rotatable bonds is 8. The van der Waals surface area contributed by atoms with Crippen molar-refractivity contribution in [3.63, 3.8) is 0 Å². The zero-order chi connectivity index (χ0) is 30.1. The number of nitrogens with zero attached hydrogens (tertiary/aromatic N) is 3. The maximum absolute atomic E-state index is 13.9. The molecule has 1 aliphatic rings. The van der Waals surface area contributed by atoms with E-state index in [9.17, 15) is 19.7 Å². The van der Waals surface area contributed by atoms with Crippen LogP contribution in [0.3, 0.4) is 0 Å². The summed E-state index contributed by atoms with van der Waals surface area (Å²) in [7, 11) is 3.02. The number of nitro groups is 1. The lowest BCUT2D eigenvalue weighted by Crippen LogP contribution is -2.39. The topological polar surface area (TPSA) is 135 Å². The maximum Gasteiger partial charge on any atom is 0.338 e. The molecule has 1 unspecified atom stereocenters. The van der Waals surface area contributed by atoms with Gasteiger partial charge in [0.25, 0.3) is 11.2 Å². The first kappa shape index (κ1) is 28.8. The number of ether oxygens (including phenoxy) is 3. The van der Waals surface area contributed by atoms with Crippen molar-refractivity contribution in [1.29, 1.82) is 0 Å². The van der Waals surface area contributed by atoms with Crippen LogP contribution in [0.2, 0.25) is 5.02 Å². The van der Waals surface area contributed by atoms with Crippen molar-refractivity contribution in [2.24, 2.45) is 4.99 Å². The summed E-state index contributed by atoms with van der Waals surface area (Å²) >= 11 is 7.41. The zero-order valence-electron chi connectivity index (χ0n) is 22.9. The number of nitro benzene ring substituents is 1. The van der Waals surface area contributed by atoms with Gasteiger partial charge in [-0.3, -0.25) is 19.5 Å². The predicted octanol–water partition coefficient (Wildman–Crippen LogP) is 4.64. The van der Waals surface area contributed by atoms with E-state index in [1.54, 1.807) is 50.3 Å². The van der Waals surface area contributed by atoms with Gasteiger partial charge in [0, 0.05) is 23.8 Å². The van der Waals surface area contributed by atoms with Gasteiger partial charge in [0.05, 0.1) is 52.6 Å². The number of non-ortho nitro benzene ring substituents is 1. The second-order valence-corrected chi connectivity index (χ2v) is 10.5. The molecule has 42 heavy (non-hydrogen) atoms. The van der Waals surface area contributed by atoms with E-state index >= 15 is 0 Å². The van der Waals surface area contributed by atoms with Crippen molar-refractivity contribution < 1.29 is 28.3 Å². The minimum Gasteiger partial charge on any atom is -0.493 e. The van der Waals surface area contributed by atoms with Crippen molar-refractivity contribution in [2.75, 3.05) is 20.8 Å². The van der Waals surface area contributed by atoms with E-state index < -0.39 is 16.9 Å². The van der Waals surface area contributed by atoms with Crippen molar-refractivity contribution in [2.45, 2.75) is 19.9 Å². The molecule has 3 heterocycles. The van der Waals surface area contributed by atoms with E-state index in [4.69, 9.17) is 30.2 Å². The van der Waals surface area contributed by atoms with Crippen LogP contribution < -0.4 is 24.4 Å². The first-order valence-corrected chi connectivity index (χ1v) is 13.8. The van der Waals surface area contributed by atoms with Gasteiger partial charge in [-0.25, -0.2) is 9.79 Å². The van der Waals surface area contributed by atoms with Gasteiger partial charge < -0.3 is 18.6 Å². The fourth-order valence-corrected chi connectivity index (χ4v) is 5.95. The van der Waals surface area contributed by atoms with E-state index in [0.717, 1.165) is 11.3 Å². The number of carbonyl (C=O) groups is 1. The van der Waals surface area contributed by atoms with Crippen LogP contribution in [-0.4, -0.2) is 36.3 Å². The number of aromatic nitrogens is 1. The lowest BCUT2D eigenvalue weighted by molar-refractivity contribution is -0.384. The number of hydrogen-bond acceptors (Lipinski definition) is 10. The average molecular weight is 610 g/mol. The van der Waals surface area contributed by atoms with Gasteiger partial charge in [0.15, 0.2) is 16.3 Å². The molecule has 0 fully saturated rings. The molecule has 0 spiro atoms. The molecule has 5 rings (SSSR count). The smallest absolute Gasteiger partial charge is 0.338 e. The fraction of sp³-hybridized carbons (Fsp3) is 0.207. The summed E-state index contributed by atoms with van der Waals surface area (Å²) in [6.07, 6.45) is 1.57. The Morgan fingerprint density at radius 1 is 1.17 bits per heavy atom. The molecular weight excluding hydrogens is 586 g/mol. The Morgan fingerprint density at radius 3 is 2.60 bits per heavy atom. The SMILES string of the molecule is CCOC(=O)C1=C(C)N=c2s/c(=C\c3ccc(-c4ccc([N+](=O)[O-])cc4Cl)o3)c(=O)n2C1c1ccc(OC)c(OC)c1. The highest BCUT2D eigenvalue weighted by Crippen LogP contribution is 2.36. The second kappa shape index (κ2) is 11.7. The molecule has 0 aliphatic carbocycles. The predicted molar refractivity (Wildman–Crippen MR) is 156 cm³/mol. The third-order valence-corrected chi connectivity index (χ3v) is 7.87. The summed E-state index contributed by atoms with van der Waals surface area (Å²) in [5.41, 5.74) is 1.19. The second-order valence-electron chi connectivity index (χ2n) is 9.04. The van der Waals surface area contributed by atoms with Crippen LogP contribution in [0, 0.1) is 10.1 Å². The van der Waals surface area contributed by atoms with E-state index in [2.05, 4.69) is 4.99 Å². The first-order chi connectivity index (χ1) is 20.2. The number of fused-ring (bicyclic) bond motifs is 1. The first-order valence-electron chi connectivity index (χ1n) is 12.6. The number of carbonyl (C=O) groups excluding carboxylic acids is 1. The van der Waals surface area contributed by atoms with Crippen molar-refractivity contribution in [1.82, 2.24) is 4.57 Å². The standard InChI is InChI=1S/C29H24ClN3O8S/c1-5-40-28(35)25-15(2)31-29-32(26(25)16-6-10-22(38-3)23(12-16)39-4)27(34)24(42-29)14-18-8-11-21(41-18)19-9-7-17(33(36)37)13-20(19)30/h6-14,26H,5H2,1-4H3/b24-14-. The van der Waals surface area contributed by atoms with E-state index in [1.165, 1.54) is 37.0 Å². The van der Waals surface area contributed by atoms with Gasteiger partial charge in [-0.1, -0.05) is 29.0 Å². The number of furan rings is 1. The van der Waals surface area contributed by atoms with Crippen LogP contribution >= 0.6 is 22.9 Å². The van der Waals surface area contributed by atoms with Crippen LogP contribution in [-0.2, 0) is 9.53 Å². The number of methoxy groups -OCH3 is 2. The van der Waals surface area contributed by atoms with Crippen LogP contribution in [0.15, 0.2) is 74.0 Å². The summed E-state index contributed by atoms with van der Waals surface area (Å²) in [4.78, 5) is 42.5. The highest BCUT2D eigenvalue weighted by atomic mass is 35.5. The van der Waals surface area contributed by atoms with Gasteiger partial charge in [0.1, 0.15) is 11.5 Å². The third kappa shape index (κ3) is 5.21. The maximum atomic E-state index is 13.9. The Bertz CT molecular complexity index is 1940. The molecular formula is C29H24ClN3O8S. The minimum absolute atomic E-state index is 0.141. The largest absolute Gasteiger partial charge is 0.493 e. The zero-order valence-corrected chi connectivity index (χ0v) is 24.4. The molecule has 216 valence electrons. The quantitative estimate of drug-likeness (QED) is 0.160. The van der Waals surface area contributed by atoms with Gasteiger partial charge >= 0.3 is 5.97 Å². The average Bonchev–Trinajstić information content (AvgIpc) is 3.55. The number of halogens is 1. The lowest BCUT2D eigenvalue weighted by atomic mass is 9.95. The van der Waals surface area contributed by atoms with Gasteiger partial charge in [-0.2, -0.15) is 0 Å². The van der Waals surface area contributed by atoms with Gasteiger partial charge in [-0.15, -0.1) is 0 Å². The molecule has 2 aromatic carbocycles. The van der Waals surface area contributed by atoms with Crippen molar-refractivity contribution >= 4 is 40.7 Å².